The average Bonchev–Trinajstić information content (AvgIpc) is 2.60. The number of benzene rings is 1. The Labute approximate surface area is 155 Å². The molecule has 0 N–H and O–H groups in total. The van der Waals surface area contributed by atoms with Crippen LogP contribution in [0.15, 0.2) is 24.3 Å². The van der Waals surface area contributed by atoms with Gasteiger partial charge in [-0.1, -0.05) is 27.7 Å². The molecule has 0 aliphatic heterocycles. The third-order valence-electron chi connectivity index (χ3n) is 4.15. The van der Waals surface area contributed by atoms with Crippen molar-refractivity contribution in [1.29, 1.82) is 0 Å². The Balaban J connectivity index is 0.00000576. The number of hydrogen-bond acceptors (Lipinski definition) is 6. The summed E-state index contributed by atoms with van der Waals surface area (Å²) >= 11 is 0. The van der Waals surface area contributed by atoms with Crippen molar-refractivity contribution in [3.05, 3.63) is 39.9 Å². The fourth-order valence-electron chi connectivity index (χ4n) is 2.68. The van der Waals surface area contributed by atoms with Gasteiger partial charge >= 0.3 is 5.97 Å². The number of nitrogens with zero attached hydrogens (tertiary/aromatic N) is 3. The molecule has 1 aromatic carbocycles. The minimum absolute atomic E-state index is 0. The lowest BCUT2D eigenvalue weighted by molar-refractivity contribution is -0.384. The van der Waals surface area contributed by atoms with Gasteiger partial charge in [-0.3, -0.25) is 19.9 Å². The summed E-state index contributed by atoms with van der Waals surface area (Å²) in [5, 5.41) is 10.7. The van der Waals surface area contributed by atoms with Crippen LogP contribution in [0, 0.1) is 10.1 Å². The minimum atomic E-state index is -0.494. The molecule has 0 saturated carbocycles. The quantitative estimate of drug-likeness (QED) is 0.271. The molecule has 0 saturated heterocycles. The minimum Gasteiger partial charge on any atom is -0.459 e. The van der Waals surface area contributed by atoms with Gasteiger partial charge in [0.25, 0.3) is 5.69 Å². The first-order chi connectivity index (χ1) is 11.5. The second kappa shape index (κ2) is 11.8. The van der Waals surface area contributed by atoms with E-state index in [-0.39, 0.29) is 30.9 Å². The zero-order chi connectivity index (χ0) is 18.1. The largest absolute Gasteiger partial charge is 0.459 e. The molecule has 0 unspecified atom stereocenters. The number of halogens is 1. The maximum absolute atomic E-state index is 12.2. The monoisotopic (exact) mass is 373 g/mol. The first kappa shape index (κ1) is 23.3. The molecule has 1 rings (SSSR count). The van der Waals surface area contributed by atoms with Gasteiger partial charge in [-0.25, -0.2) is 4.79 Å². The van der Waals surface area contributed by atoms with Gasteiger partial charge in [0, 0.05) is 12.1 Å². The van der Waals surface area contributed by atoms with E-state index in [9.17, 15) is 14.9 Å². The molecule has 142 valence electrons. The lowest BCUT2D eigenvalue weighted by Gasteiger charge is -2.37. The van der Waals surface area contributed by atoms with Gasteiger partial charge in [-0.2, -0.15) is 0 Å². The van der Waals surface area contributed by atoms with Crippen molar-refractivity contribution >= 4 is 24.1 Å². The van der Waals surface area contributed by atoms with Crippen LogP contribution in [0.5, 0.6) is 0 Å². The third kappa shape index (κ3) is 6.61. The molecule has 0 amide bonds. The second-order valence-corrected chi connectivity index (χ2v) is 5.33. The maximum Gasteiger partial charge on any atom is 0.338 e. The van der Waals surface area contributed by atoms with Crippen molar-refractivity contribution < 1.29 is 14.5 Å². The predicted molar refractivity (Wildman–Crippen MR) is 100 cm³/mol. The van der Waals surface area contributed by atoms with E-state index in [0.717, 1.165) is 26.2 Å². The van der Waals surface area contributed by atoms with Crippen LogP contribution >= 0.6 is 12.4 Å². The highest BCUT2D eigenvalue weighted by Gasteiger charge is 2.23. The number of hydrogen-bond donors (Lipinski definition) is 0. The summed E-state index contributed by atoms with van der Waals surface area (Å²) in [6.45, 7) is 12.1. The molecule has 0 bridgehead atoms. The third-order valence-corrected chi connectivity index (χ3v) is 4.15. The van der Waals surface area contributed by atoms with Crippen LogP contribution in [0.25, 0.3) is 0 Å². The SMILES string of the molecule is CCN(CC)C(COC(=O)c1ccc([N+](=O)[O-])cc1)N(CC)CC.Cl. The molecule has 0 aliphatic rings. The van der Waals surface area contributed by atoms with Crippen LogP contribution in [-0.2, 0) is 4.74 Å². The van der Waals surface area contributed by atoms with Gasteiger partial charge in [0.1, 0.15) is 6.61 Å². The van der Waals surface area contributed by atoms with Gasteiger partial charge < -0.3 is 4.74 Å². The summed E-state index contributed by atoms with van der Waals surface area (Å²) in [6, 6.07) is 5.46. The summed E-state index contributed by atoms with van der Waals surface area (Å²) in [5.41, 5.74) is 0.272. The Morgan fingerprint density at radius 1 is 1.04 bits per heavy atom. The molecule has 7 nitrogen and oxygen atoms in total. The standard InChI is InChI=1S/C17H27N3O4.ClH/c1-5-18(6-2)16(19(7-3)8-4)13-24-17(21)14-9-11-15(12-10-14)20(22)23;/h9-12,16H,5-8,13H2,1-4H3;1H. The Bertz CT molecular complexity index is 519. The summed E-state index contributed by atoms with van der Waals surface area (Å²) in [7, 11) is 0. The van der Waals surface area contributed by atoms with E-state index < -0.39 is 10.9 Å². The molecule has 0 radical (unpaired) electrons. The molecule has 1 aromatic rings. The van der Waals surface area contributed by atoms with Crippen LogP contribution in [0.3, 0.4) is 0 Å². The Morgan fingerprint density at radius 3 is 1.84 bits per heavy atom. The van der Waals surface area contributed by atoms with E-state index in [1.165, 1.54) is 24.3 Å². The molecule has 0 aromatic heterocycles. The molecule has 25 heavy (non-hydrogen) atoms. The highest BCUT2D eigenvalue weighted by molar-refractivity contribution is 5.89. The topological polar surface area (TPSA) is 75.9 Å². The van der Waals surface area contributed by atoms with Crippen LogP contribution in [0.2, 0.25) is 0 Å². The number of likely N-dealkylation sites (N-methyl/N-ethyl adjacent to an activating group) is 2. The number of nitro benzene ring substituents is 1. The first-order valence-electron chi connectivity index (χ1n) is 8.38. The molecule has 0 heterocycles. The zero-order valence-corrected chi connectivity index (χ0v) is 16.1. The number of rotatable bonds is 10. The molecular weight excluding hydrogens is 346 g/mol. The summed E-state index contributed by atoms with van der Waals surface area (Å²) in [4.78, 5) is 26.9. The van der Waals surface area contributed by atoms with Gasteiger partial charge in [-0.05, 0) is 38.3 Å². The fourth-order valence-corrected chi connectivity index (χ4v) is 2.68. The summed E-state index contributed by atoms with van der Waals surface area (Å²) in [6.07, 6.45) is 0.0250. The average molecular weight is 374 g/mol. The summed E-state index contributed by atoms with van der Waals surface area (Å²) < 4.78 is 5.47. The summed E-state index contributed by atoms with van der Waals surface area (Å²) in [5.74, 6) is -0.464. The Kier molecular flexibility index (Phi) is 11.0. The number of non-ortho nitro benzene ring substituents is 1. The van der Waals surface area contributed by atoms with Crippen molar-refractivity contribution in [2.24, 2.45) is 0 Å². The maximum atomic E-state index is 12.2. The molecule has 8 heteroatoms. The highest BCUT2D eigenvalue weighted by Crippen LogP contribution is 2.14. The number of carbonyl (C=O) groups is 1. The predicted octanol–water partition coefficient (Wildman–Crippen LogP) is 3.18. The van der Waals surface area contributed by atoms with Crippen LogP contribution in [0.4, 0.5) is 5.69 Å². The van der Waals surface area contributed by atoms with E-state index in [0.29, 0.717) is 5.56 Å². The zero-order valence-electron chi connectivity index (χ0n) is 15.3. The van der Waals surface area contributed by atoms with E-state index >= 15 is 0 Å². The van der Waals surface area contributed by atoms with Gasteiger partial charge in [0.15, 0.2) is 0 Å². The van der Waals surface area contributed by atoms with E-state index in [4.69, 9.17) is 4.74 Å². The Morgan fingerprint density at radius 2 is 1.48 bits per heavy atom. The van der Waals surface area contributed by atoms with Gasteiger partial charge in [0.05, 0.1) is 16.7 Å². The van der Waals surface area contributed by atoms with E-state index in [2.05, 4.69) is 37.5 Å². The lowest BCUT2D eigenvalue weighted by Crippen LogP contribution is -2.51. The van der Waals surface area contributed by atoms with Crippen LogP contribution < -0.4 is 0 Å². The molecule has 0 spiro atoms. The number of esters is 1. The first-order valence-corrected chi connectivity index (χ1v) is 8.38. The van der Waals surface area contributed by atoms with Crippen molar-refractivity contribution in [3.63, 3.8) is 0 Å². The lowest BCUT2D eigenvalue weighted by atomic mass is 10.2. The number of carbonyl (C=O) groups excluding carboxylic acids is 1. The van der Waals surface area contributed by atoms with Gasteiger partial charge in [0.2, 0.25) is 0 Å². The number of ether oxygens (including phenoxy) is 1. The van der Waals surface area contributed by atoms with Crippen LogP contribution in [0.1, 0.15) is 38.1 Å². The molecule has 0 atom stereocenters. The molecule has 0 fully saturated rings. The van der Waals surface area contributed by atoms with Crippen molar-refractivity contribution in [3.8, 4) is 0 Å². The number of nitro groups is 1. The highest BCUT2D eigenvalue weighted by atomic mass is 35.5. The van der Waals surface area contributed by atoms with Crippen molar-refractivity contribution in [2.75, 3.05) is 32.8 Å². The smallest absolute Gasteiger partial charge is 0.338 e. The van der Waals surface area contributed by atoms with Crippen LogP contribution in [-0.4, -0.2) is 59.6 Å². The normalized spacial score (nSPS) is 10.8. The fraction of sp³-hybridized carbons (Fsp3) is 0.588. The van der Waals surface area contributed by atoms with Crippen molar-refractivity contribution in [2.45, 2.75) is 33.9 Å². The van der Waals surface area contributed by atoms with E-state index in [1.807, 2.05) is 0 Å². The second-order valence-electron chi connectivity index (χ2n) is 5.33. The van der Waals surface area contributed by atoms with Crippen molar-refractivity contribution in [1.82, 2.24) is 9.80 Å². The Hall–Kier alpha value is -1.70. The molecule has 0 aliphatic carbocycles. The van der Waals surface area contributed by atoms with Gasteiger partial charge in [-0.15, -0.1) is 12.4 Å². The molecular formula is C17H28ClN3O4. The van der Waals surface area contributed by atoms with E-state index in [1.54, 1.807) is 0 Å².